The molecule has 2 amide bonds. The van der Waals surface area contributed by atoms with Crippen LogP contribution in [0.15, 0.2) is 24.3 Å². The van der Waals surface area contributed by atoms with Crippen molar-refractivity contribution in [3.8, 4) is 0 Å². The molecule has 1 aromatic carbocycles. The Kier molecular flexibility index (Phi) is 7.51. The number of amides is 2. The first-order valence-corrected chi connectivity index (χ1v) is 7.60. The maximum absolute atomic E-state index is 11.8. The molecule has 0 aliphatic carbocycles. The van der Waals surface area contributed by atoms with Crippen molar-refractivity contribution in [3.05, 3.63) is 35.4 Å². The molecule has 1 aromatic rings. The Balaban J connectivity index is 2.31. The standard InChI is InChI=1S/C17H26N2O2/c1-4-5-11-19(15(3)20)12-10-18-17(21)13-16-8-6-14(2)7-9-16/h6-9H,4-5,10-13H2,1-3H3,(H,18,21). The van der Waals surface area contributed by atoms with Crippen molar-refractivity contribution in [2.24, 2.45) is 0 Å². The van der Waals surface area contributed by atoms with E-state index in [1.54, 1.807) is 11.8 Å². The first-order chi connectivity index (χ1) is 10.0. The summed E-state index contributed by atoms with van der Waals surface area (Å²) in [5.74, 6) is 0.0640. The molecule has 4 heteroatoms. The van der Waals surface area contributed by atoms with E-state index in [1.807, 2.05) is 31.2 Å². The van der Waals surface area contributed by atoms with E-state index in [0.29, 0.717) is 19.5 Å². The topological polar surface area (TPSA) is 49.4 Å². The first-order valence-electron chi connectivity index (χ1n) is 7.60. The van der Waals surface area contributed by atoms with Gasteiger partial charge < -0.3 is 10.2 Å². The maximum atomic E-state index is 11.8. The molecule has 0 spiro atoms. The number of benzene rings is 1. The highest BCUT2D eigenvalue weighted by molar-refractivity contribution is 5.78. The molecule has 0 aromatic heterocycles. The molecule has 1 N–H and O–H groups in total. The van der Waals surface area contributed by atoms with Gasteiger partial charge in [-0.25, -0.2) is 0 Å². The zero-order chi connectivity index (χ0) is 15.7. The second-order valence-electron chi connectivity index (χ2n) is 5.37. The Morgan fingerprint density at radius 1 is 1.14 bits per heavy atom. The highest BCUT2D eigenvalue weighted by Gasteiger charge is 2.08. The predicted molar refractivity (Wildman–Crippen MR) is 85.1 cm³/mol. The van der Waals surface area contributed by atoms with Gasteiger partial charge in [0.2, 0.25) is 11.8 Å². The maximum Gasteiger partial charge on any atom is 0.224 e. The van der Waals surface area contributed by atoms with E-state index in [0.717, 1.165) is 24.9 Å². The Morgan fingerprint density at radius 2 is 1.81 bits per heavy atom. The third-order valence-electron chi connectivity index (χ3n) is 3.42. The van der Waals surface area contributed by atoms with Crippen molar-refractivity contribution in [1.82, 2.24) is 10.2 Å². The quantitative estimate of drug-likeness (QED) is 0.798. The van der Waals surface area contributed by atoms with Crippen LogP contribution in [0.5, 0.6) is 0 Å². The van der Waals surface area contributed by atoms with Gasteiger partial charge in [-0.2, -0.15) is 0 Å². The van der Waals surface area contributed by atoms with Crippen molar-refractivity contribution < 1.29 is 9.59 Å². The summed E-state index contributed by atoms with van der Waals surface area (Å²) in [5.41, 5.74) is 2.19. The Hall–Kier alpha value is -1.84. The average molecular weight is 290 g/mol. The Morgan fingerprint density at radius 3 is 2.38 bits per heavy atom. The van der Waals surface area contributed by atoms with Gasteiger partial charge in [0, 0.05) is 26.6 Å². The third kappa shape index (κ3) is 6.93. The number of nitrogens with one attached hydrogen (secondary N) is 1. The first kappa shape index (κ1) is 17.2. The second kappa shape index (κ2) is 9.16. The Bertz CT molecular complexity index is 454. The number of unbranched alkanes of at least 4 members (excludes halogenated alkanes) is 1. The number of nitrogens with zero attached hydrogens (tertiary/aromatic N) is 1. The number of carbonyl (C=O) groups excluding carboxylic acids is 2. The monoisotopic (exact) mass is 290 g/mol. The molecule has 0 heterocycles. The van der Waals surface area contributed by atoms with E-state index < -0.39 is 0 Å². The van der Waals surface area contributed by atoms with Crippen molar-refractivity contribution in [2.75, 3.05) is 19.6 Å². The number of aryl methyl sites for hydroxylation is 1. The van der Waals surface area contributed by atoms with E-state index in [1.165, 1.54) is 5.56 Å². The third-order valence-corrected chi connectivity index (χ3v) is 3.42. The van der Waals surface area contributed by atoms with E-state index in [4.69, 9.17) is 0 Å². The predicted octanol–water partition coefficient (Wildman–Crippen LogP) is 2.30. The zero-order valence-corrected chi connectivity index (χ0v) is 13.3. The number of carbonyl (C=O) groups is 2. The van der Waals surface area contributed by atoms with Gasteiger partial charge in [0.25, 0.3) is 0 Å². The Labute approximate surface area is 127 Å². The molecule has 0 unspecified atom stereocenters. The largest absolute Gasteiger partial charge is 0.354 e. The summed E-state index contributed by atoms with van der Waals surface area (Å²) in [6, 6.07) is 7.95. The van der Waals surface area contributed by atoms with Crippen LogP contribution >= 0.6 is 0 Å². The van der Waals surface area contributed by atoms with Crippen molar-refractivity contribution in [3.63, 3.8) is 0 Å². The van der Waals surface area contributed by atoms with Crippen LogP contribution in [0.4, 0.5) is 0 Å². The van der Waals surface area contributed by atoms with Crippen LogP contribution in [0.1, 0.15) is 37.8 Å². The normalized spacial score (nSPS) is 10.2. The van der Waals surface area contributed by atoms with Gasteiger partial charge in [0.1, 0.15) is 0 Å². The van der Waals surface area contributed by atoms with Crippen LogP contribution in [-0.4, -0.2) is 36.3 Å². The lowest BCUT2D eigenvalue weighted by Gasteiger charge is -2.20. The van der Waals surface area contributed by atoms with Gasteiger partial charge >= 0.3 is 0 Å². The fourth-order valence-corrected chi connectivity index (χ4v) is 2.06. The average Bonchev–Trinajstić information content (AvgIpc) is 2.44. The fraction of sp³-hybridized carbons (Fsp3) is 0.529. The minimum atomic E-state index is -0.00199. The fourth-order valence-electron chi connectivity index (χ4n) is 2.06. The molecule has 1 rings (SSSR count). The van der Waals surface area contributed by atoms with E-state index in [-0.39, 0.29) is 11.8 Å². The molecule has 4 nitrogen and oxygen atoms in total. The minimum absolute atomic E-state index is 0.00199. The van der Waals surface area contributed by atoms with Gasteiger partial charge in [0.15, 0.2) is 0 Å². The molecule has 21 heavy (non-hydrogen) atoms. The second-order valence-corrected chi connectivity index (χ2v) is 5.37. The lowest BCUT2D eigenvalue weighted by atomic mass is 10.1. The molecule has 0 saturated carbocycles. The van der Waals surface area contributed by atoms with Gasteiger partial charge in [-0.15, -0.1) is 0 Å². The van der Waals surface area contributed by atoms with Crippen LogP contribution in [-0.2, 0) is 16.0 Å². The molecule has 116 valence electrons. The summed E-state index contributed by atoms with van der Waals surface area (Å²) in [5, 5.41) is 2.87. The molecule has 0 saturated heterocycles. The van der Waals surface area contributed by atoms with E-state index >= 15 is 0 Å². The summed E-state index contributed by atoms with van der Waals surface area (Å²) >= 11 is 0. The smallest absolute Gasteiger partial charge is 0.224 e. The van der Waals surface area contributed by atoms with Gasteiger partial charge in [-0.3, -0.25) is 9.59 Å². The van der Waals surface area contributed by atoms with Crippen LogP contribution in [0, 0.1) is 6.92 Å². The van der Waals surface area contributed by atoms with Crippen LogP contribution in [0.25, 0.3) is 0 Å². The van der Waals surface area contributed by atoms with Crippen molar-refractivity contribution in [1.29, 1.82) is 0 Å². The number of rotatable bonds is 8. The molecule has 0 radical (unpaired) electrons. The van der Waals surface area contributed by atoms with Gasteiger partial charge in [-0.05, 0) is 18.9 Å². The zero-order valence-electron chi connectivity index (χ0n) is 13.3. The number of hydrogen-bond donors (Lipinski definition) is 1. The summed E-state index contributed by atoms with van der Waals surface area (Å²) < 4.78 is 0. The van der Waals surface area contributed by atoms with Crippen LogP contribution in [0.3, 0.4) is 0 Å². The number of hydrogen-bond acceptors (Lipinski definition) is 2. The molecular formula is C17H26N2O2. The lowest BCUT2D eigenvalue weighted by molar-refractivity contribution is -0.129. The molecule has 0 fully saturated rings. The molecule has 0 aliphatic heterocycles. The minimum Gasteiger partial charge on any atom is -0.354 e. The summed E-state index contributed by atoms with van der Waals surface area (Å²) in [6.07, 6.45) is 2.44. The van der Waals surface area contributed by atoms with Crippen LogP contribution in [0.2, 0.25) is 0 Å². The summed E-state index contributed by atoms with van der Waals surface area (Å²) in [6.45, 7) is 7.55. The molecule has 0 bridgehead atoms. The molecule has 0 atom stereocenters. The van der Waals surface area contributed by atoms with E-state index in [2.05, 4.69) is 12.2 Å². The van der Waals surface area contributed by atoms with Crippen molar-refractivity contribution in [2.45, 2.75) is 40.0 Å². The summed E-state index contributed by atoms with van der Waals surface area (Å²) in [4.78, 5) is 25.1. The summed E-state index contributed by atoms with van der Waals surface area (Å²) in [7, 11) is 0. The van der Waals surface area contributed by atoms with Crippen molar-refractivity contribution >= 4 is 11.8 Å². The highest BCUT2D eigenvalue weighted by Crippen LogP contribution is 2.03. The molecule has 0 aliphatic rings. The van der Waals surface area contributed by atoms with Gasteiger partial charge in [0.05, 0.1) is 6.42 Å². The SMILES string of the molecule is CCCCN(CCNC(=O)Cc1ccc(C)cc1)C(C)=O. The van der Waals surface area contributed by atoms with Crippen LogP contribution < -0.4 is 5.32 Å². The lowest BCUT2D eigenvalue weighted by Crippen LogP contribution is -2.38. The van der Waals surface area contributed by atoms with Gasteiger partial charge in [-0.1, -0.05) is 43.2 Å². The highest BCUT2D eigenvalue weighted by atomic mass is 16.2. The molecular weight excluding hydrogens is 264 g/mol. The van der Waals surface area contributed by atoms with E-state index in [9.17, 15) is 9.59 Å².